The van der Waals surface area contributed by atoms with Crippen molar-refractivity contribution in [3.63, 3.8) is 0 Å². The van der Waals surface area contributed by atoms with E-state index in [0.29, 0.717) is 13.2 Å². The van der Waals surface area contributed by atoms with Gasteiger partial charge in [-0.05, 0) is 6.07 Å². The van der Waals surface area contributed by atoms with Crippen molar-refractivity contribution in [3.8, 4) is 0 Å². The lowest BCUT2D eigenvalue weighted by Crippen LogP contribution is -2.37. The van der Waals surface area contributed by atoms with Crippen LogP contribution in [-0.4, -0.2) is 24.6 Å². The zero-order valence-corrected chi connectivity index (χ0v) is 10.5. The maximum absolute atomic E-state index is 6.11. The van der Waals surface area contributed by atoms with Gasteiger partial charge in [0.25, 0.3) is 0 Å². The summed E-state index contributed by atoms with van der Waals surface area (Å²) in [5, 5.41) is 1.50. The highest BCUT2D eigenvalue weighted by molar-refractivity contribution is 9.09. The standard InChI is InChI=1S/C11H12BrClO2/c12-5-11(15-8-6-14-7-8)9-3-1-2-4-10(9)13/h1-4,8,11H,5-7H2. The molecule has 1 aliphatic heterocycles. The second-order valence-electron chi connectivity index (χ2n) is 3.46. The Kier molecular flexibility index (Phi) is 4.03. The highest BCUT2D eigenvalue weighted by atomic mass is 79.9. The molecular weight excluding hydrogens is 279 g/mol. The maximum atomic E-state index is 6.11. The molecule has 0 saturated carbocycles. The molecule has 0 N–H and O–H groups in total. The Labute approximate surface area is 103 Å². The average molecular weight is 292 g/mol. The average Bonchev–Trinajstić information content (AvgIpc) is 2.19. The van der Waals surface area contributed by atoms with Crippen LogP contribution in [0.5, 0.6) is 0 Å². The quantitative estimate of drug-likeness (QED) is 0.793. The summed E-state index contributed by atoms with van der Waals surface area (Å²) in [4.78, 5) is 0. The molecule has 1 saturated heterocycles. The molecule has 2 rings (SSSR count). The molecule has 15 heavy (non-hydrogen) atoms. The van der Waals surface area contributed by atoms with E-state index < -0.39 is 0 Å². The number of ether oxygens (including phenoxy) is 2. The minimum absolute atomic E-state index is 0.00704. The van der Waals surface area contributed by atoms with E-state index in [4.69, 9.17) is 21.1 Å². The number of hydrogen-bond donors (Lipinski definition) is 0. The highest BCUT2D eigenvalue weighted by Crippen LogP contribution is 2.29. The Bertz CT molecular complexity index is 328. The van der Waals surface area contributed by atoms with Crippen molar-refractivity contribution < 1.29 is 9.47 Å². The van der Waals surface area contributed by atoms with Crippen molar-refractivity contribution in [2.75, 3.05) is 18.5 Å². The van der Waals surface area contributed by atoms with Gasteiger partial charge in [-0.25, -0.2) is 0 Å². The fourth-order valence-electron chi connectivity index (χ4n) is 1.45. The van der Waals surface area contributed by atoms with Gasteiger partial charge in [0.05, 0.1) is 19.3 Å². The van der Waals surface area contributed by atoms with Crippen LogP contribution in [-0.2, 0) is 9.47 Å². The third-order valence-electron chi connectivity index (χ3n) is 2.36. The van der Waals surface area contributed by atoms with Crippen LogP contribution in [0.2, 0.25) is 5.02 Å². The number of halogens is 2. The van der Waals surface area contributed by atoms with Crippen molar-refractivity contribution >= 4 is 27.5 Å². The van der Waals surface area contributed by atoms with E-state index in [1.807, 2.05) is 24.3 Å². The fraction of sp³-hybridized carbons (Fsp3) is 0.455. The van der Waals surface area contributed by atoms with Gasteiger partial charge in [-0.15, -0.1) is 0 Å². The van der Waals surface area contributed by atoms with Crippen LogP contribution >= 0.6 is 27.5 Å². The molecule has 0 radical (unpaired) electrons. The first kappa shape index (κ1) is 11.4. The SMILES string of the molecule is Clc1ccccc1C(CBr)OC1COC1. The molecule has 4 heteroatoms. The Morgan fingerprint density at radius 2 is 2.20 bits per heavy atom. The molecule has 2 nitrogen and oxygen atoms in total. The van der Waals surface area contributed by atoms with Crippen molar-refractivity contribution in [2.45, 2.75) is 12.2 Å². The van der Waals surface area contributed by atoms with Crippen LogP contribution < -0.4 is 0 Å². The van der Waals surface area contributed by atoms with E-state index in [2.05, 4.69) is 15.9 Å². The van der Waals surface area contributed by atoms with Gasteiger partial charge in [-0.2, -0.15) is 0 Å². The summed E-state index contributed by atoms with van der Waals surface area (Å²) in [5.41, 5.74) is 1.03. The van der Waals surface area contributed by atoms with E-state index >= 15 is 0 Å². The van der Waals surface area contributed by atoms with Gasteiger partial charge in [0.1, 0.15) is 6.10 Å². The molecule has 0 amide bonds. The number of rotatable bonds is 4. The summed E-state index contributed by atoms with van der Waals surface area (Å²) in [6, 6.07) is 7.77. The van der Waals surface area contributed by atoms with Crippen molar-refractivity contribution in [3.05, 3.63) is 34.9 Å². The summed E-state index contributed by atoms with van der Waals surface area (Å²) in [7, 11) is 0. The summed E-state index contributed by atoms with van der Waals surface area (Å²) < 4.78 is 10.9. The van der Waals surface area contributed by atoms with Crippen LogP contribution in [0, 0.1) is 0 Å². The van der Waals surface area contributed by atoms with Gasteiger partial charge in [-0.3, -0.25) is 0 Å². The Morgan fingerprint density at radius 1 is 1.47 bits per heavy atom. The molecule has 1 unspecified atom stereocenters. The van der Waals surface area contributed by atoms with Gasteiger partial charge in [0, 0.05) is 15.9 Å². The largest absolute Gasteiger partial charge is 0.376 e. The number of alkyl halides is 1. The number of hydrogen-bond acceptors (Lipinski definition) is 2. The normalized spacial score (nSPS) is 18.5. The van der Waals surface area contributed by atoms with Gasteiger partial charge < -0.3 is 9.47 Å². The second-order valence-corrected chi connectivity index (χ2v) is 4.51. The lowest BCUT2D eigenvalue weighted by molar-refractivity contribution is -0.150. The Morgan fingerprint density at radius 3 is 2.73 bits per heavy atom. The van der Waals surface area contributed by atoms with E-state index in [-0.39, 0.29) is 12.2 Å². The van der Waals surface area contributed by atoms with Gasteiger partial charge >= 0.3 is 0 Å². The van der Waals surface area contributed by atoms with Crippen LogP contribution in [0.25, 0.3) is 0 Å². The van der Waals surface area contributed by atoms with E-state index in [1.54, 1.807) is 0 Å². The summed E-state index contributed by atoms with van der Waals surface area (Å²) in [6.07, 6.45) is 0.219. The van der Waals surface area contributed by atoms with Crippen LogP contribution in [0.15, 0.2) is 24.3 Å². The predicted molar refractivity (Wildman–Crippen MR) is 63.7 cm³/mol. The van der Waals surface area contributed by atoms with E-state index in [0.717, 1.165) is 15.9 Å². The summed E-state index contributed by atoms with van der Waals surface area (Å²) in [5.74, 6) is 0. The van der Waals surface area contributed by atoms with Crippen molar-refractivity contribution in [1.82, 2.24) is 0 Å². The third kappa shape index (κ3) is 2.72. The van der Waals surface area contributed by atoms with Crippen LogP contribution in [0.1, 0.15) is 11.7 Å². The first-order valence-corrected chi connectivity index (χ1v) is 6.35. The minimum atomic E-state index is 0.00704. The Hall–Kier alpha value is -0.0900. The first-order valence-electron chi connectivity index (χ1n) is 4.85. The van der Waals surface area contributed by atoms with Crippen molar-refractivity contribution in [2.24, 2.45) is 0 Å². The maximum Gasteiger partial charge on any atom is 0.105 e. The van der Waals surface area contributed by atoms with Crippen molar-refractivity contribution in [1.29, 1.82) is 0 Å². The molecule has 0 spiro atoms. The fourth-order valence-corrected chi connectivity index (χ4v) is 2.21. The molecule has 1 aromatic carbocycles. The van der Waals surface area contributed by atoms with Gasteiger partial charge in [-0.1, -0.05) is 45.7 Å². The minimum Gasteiger partial charge on any atom is -0.376 e. The summed E-state index contributed by atoms with van der Waals surface area (Å²) in [6.45, 7) is 1.38. The van der Waals surface area contributed by atoms with Gasteiger partial charge in [0.2, 0.25) is 0 Å². The molecule has 1 aromatic rings. The smallest absolute Gasteiger partial charge is 0.105 e. The first-order chi connectivity index (χ1) is 7.31. The molecule has 0 bridgehead atoms. The molecule has 1 aliphatic rings. The molecule has 1 heterocycles. The van der Waals surface area contributed by atoms with Crippen LogP contribution in [0.4, 0.5) is 0 Å². The van der Waals surface area contributed by atoms with E-state index in [1.165, 1.54) is 0 Å². The highest BCUT2D eigenvalue weighted by Gasteiger charge is 2.24. The zero-order chi connectivity index (χ0) is 10.7. The zero-order valence-electron chi connectivity index (χ0n) is 8.16. The lowest BCUT2D eigenvalue weighted by Gasteiger charge is -2.30. The Balaban J connectivity index is 2.07. The third-order valence-corrected chi connectivity index (χ3v) is 3.29. The lowest BCUT2D eigenvalue weighted by atomic mass is 10.1. The van der Waals surface area contributed by atoms with Gasteiger partial charge in [0.15, 0.2) is 0 Å². The molecular formula is C11H12BrClO2. The topological polar surface area (TPSA) is 18.5 Å². The van der Waals surface area contributed by atoms with E-state index in [9.17, 15) is 0 Å². The molecule has 0 aromatic heterocycles. The molecule has 82 valence electrons. The molecule has 1 atom stereocenters. The monoisotopic (exact) mass is 290 g/mol. The molecule has 0 aliphatic carbocycles. The summed E-state index contributed by atoms with van der Waals surface area (Å²) >= 11 is 9.55. The van der Waals surface area contributed by atoms with Crippen LogP contribution in [0.3, 0.4) is 0 Å². The number of benzene rings is 1. The molecule has 1 fully saturated rings. The predicted octanol–water partition coefficient (Wildman–Crippen LogP) is 3.19. The second kappa shape index (κ2) is 5.30.